The number of unbranched alkanes of at least 4 members (excludes halogenated alkanes) is 1. The fraction of sp³-hybridized carbons (Fsp3) is 0.286. The van der Waals surface area contributed by atoms with Crippen molar-refractivity contribution in [1.82, 2.24) is 5.32 Å². The lowest BCUT2D eigenvalue weighted by Crippen LogP contribution is -2.22. The highest BCUT2D eigenvalue weighted by Gasteiger charge is 2.06. The van der Waals surface area contributed by atoms with Gasteiger partial charge in [-0.2, -0.15) is 0 Å². The van der Waals surface area contributed by atoms with Crippen LogP contribution in [0.1, 0.15) is 23.2 Å². The minimum absolute atomic E-state index is 0.141. The fourth-order valence-electron chi connectivity index (χ4n) is 1.44. The summed E-state index contributed by atoms with van der Waals surface area (Å²) >= 11 is 0. The predicted octanol–water partition coefficient (Wildman–Crippen LogP) is 1.67. The number of ether oxygens (including phenoxy) is 1. The third kappa shape index (κ3) is 4.83. The van der Waals surface area contributed by atoms with E-state index in [1.54, 1.807) is 12.1 Å². The zero-order valence-electron chi connectivity index (χ0n) is 10.6. The topological polar surface area (TPSA) is 75.6 Å². The molecule has 0 aliphatic carbocycles. The molecule has 1 amide bonds. The van der Waals surface area contributed by atoms with Gasteiger partial charge in [-0.3, -0.25) is 9.59 Å². The molecule has 5 heteroatoms. The average molecular weight is 263 g/mol. The van der Waals surface area contributed by atoms with Gasteiger partial charge in [-0.25, -0.2) is 0 Å². The van der Waals surface area contributed by atoms with Crippen LogP contribution in [-0.4, -0.2) is 30.5 Å². The van der Waals surface area contributed by atoms with E-state index in [1.165, 1.54) is 12.1 Å². The van der Waals surface area contributed by atoms with Crippen molar-refractivity contribution in [2.45, 2.75) is 12.8 Å². The number of benzene rings is 1. The summed E-state index contributed by atoms with van der Waals surface area (Å²) in [5.74, 6) is -0.0468. The highest BCUT2D eigenvalue weighted by Crippen LogP contribution is 2.28. The lowest BCUT2D eigenvalue weighted by Gasteiger charge is -2.09. The minimum Gasteiger partial charge on any atom is -0.504 e. The zero-order chi connectivity index (χ0) is 14.1. The second-order valence-electron chi connectivity index (χ2n) is 3.86. The van der Waals surface area contributed by atoms with Gasteiger partial charge in [0.1, 0.15) is 0 Å². The van der Waals surface area contributed by atoms with Gasteiger partial charge in [0.2, 0.25) is 5.91 Å². The van der Waals surface area contributed by atoms with Gasteiger partial charge < -0.3 is 15.2 Å². The number of para-hydroxylation sites is 1. The van der Waals surface area contributed by atoms with Crippen LogP contribution in [0.5, 0.6) is 11.5 Å². The quantitative estimate of drug-likeness (QED) is 0.425. The summed E-state index contributed by atoms with van der Waals surface area (Å²) in [5, 5.41) is 12.3. The van der Waals surface area contributed by atoms with Crippen molar-refractivity contribution < 1.29 is 19.4 Å². The van der Waals surface area contributed by atoms with Gasteiger partial charge in [0.05, 0.1) is 12.2 Å². The maximum atomic E-state index is 10.9. The van der Waals surface area contributed by atoms with Gasteiger partial charge in [-0.15, -0.1) is 0 Å². The van der Waals surface area contributed by atoms with Crippen molar-refractivity contribution in [1.29, 1.82) is 0 Å². The second kappa shape index (κ2) is 7.92. The maximum absolute atomic E-state index is 10.9. The van der Waals surface area contributed by atoms with E-state index >= 15 is 0 Å². The van der Waals surface area contributed by atoms with Crippen molar-refractivity contribution in [3.05, 3.63) is 36.4 Å². The molecule has 0 atom stereocenters. The van der Waals surface area contributed by atoms with Crippen molar-refractivity contribution >= 4 is 12.2 Å². The molecule has 0 aliphatic rings. The van der Waals surface area contributed by atoms with Crippen LogP contribution in [0, 0.1) is 0 Å². The lowest BCUT2D eigenvalue weighted by atomic mass is 10.2. The van der Waals surface area contributed by atoms with E-state index in [2.05, 4.69) is 11.9 Å². The fourth-order valence-corrected chi connectivity index (χ4v) is 1.44. The summed E-state index contributed by atoms with van der Waals surface area (Å²) in [5.41, 5.74) is 0.204. The van der Waals surface area contributed by atoms with Crippen LogP contribution in [0.25, 0.3) is 0 Å². The smallest absolute Gasteiger partial charge is 0.243 e. The number of phenols is 1. The molecule has 0 aliphatic heterocycles. The molecule has 19 heavy (non-hydrogen) atoms. The Morgan fingerprint density at radius 2 is 2.21 bits per heavy atom. The van der Waals surface area contributed by atoms with Crippen LogP contribution in [0.4, 0.5) is 0 Å². The predicted molar refractivity (Wildman–Crippen MR) is 71.4 cm³/mol. The summed E-state index contributed by atoms with van der Waals surface area (Å²) in [6.07, 6.45) is 3.28. The van der Waals surface area contributed by atoms with E-state index in [1.807, 2.05) is 0 Å². The SMILES string of the molecule is C=CC(=O)NCCCCOc1cccc(C=O)c1O. The number of aromatic hydroxyl groups is 1. The first-order chi connectivity index (χ1) is 9.19. The molecule has 0 fully saturated rings. The molecule has 1 aromatic rings. The van der Waals surface area contributed by atoms with E-state index < -0.39 is 0 Å². The molecule has 2 N–H and O–H groups in total. The molecule has 1 rings (SSSR count). The van der Waals surface area contributed by atoms with E-state index in [4.69, 9.17) is 4.74 Å². The largest absolute Gasteiger partial charge is 0.504 e. The van der Waals surface area contributed by atoms with Crippen LogP contribution in [0.3, 0.4) is 0 Å². The number of hydrogen-bond donors (Lipinski definition) is 2. The average Bonchev–Trinajstić information content (AvgIpc) is 2.43. The number of hydrogen-bond acceptors (Lipinski definition) is 4. The standard InChI is InChI=1S/C14H17NO4/c1-2-13(17)15-8-3-4-9-19-12-7-5-6-11(10-16)14(12)18/h2,5-7,10,18H,1,3-4,8-9H2,(H,15,17). The van der Waals surface area contributed by atoms with Crippen molar-refractivity contribution in [3.8, 4) is 11.5 Å². The molecule has 0 radical (unpaired) electrons. The Morgan fingerprint density at radius 1 is 1.42 bits per heavy atom. The highest BCUT2D eigenvalue weighted by molar-refractivity contribution is 5.86. The van der Waals surface area contributed by atoms with Gasteiger partial charge in [0, 0.05) is 6.54 Å². The van der Waals surface area contributed by atoms with Crippen molar-refractivity contribution in [2.75, 3.05) is 13.2 Å². The number of nitrogens with one attached hydrogen (secondary N) is 1. The van der Waals surface area contributed by atoms with E-state index in [0.717, 1.165) is 12.8 Å². The van der Waals surface area contributed by atoms with E-state index in [9.17, 15) is 14.7 Å². The maximum Gasteiger partial charge on any atom is 0.243 e. The first-order valence-corrected chi connectivity index (χ1v) is 5.99. The van der Waals surface area contributed by atoms with Crippen LogP contribution >= 0.6 is 0 Å². The molecule has 0 heterocycles. The molecule has 0 unspecified atom stereocenters. The van der Waals surface area contributed by atoms with Crippen LogP contribution in [0.15, 0.2) is 30.9 Å². The molecule has 1 aromatic carbocycles. The Morgan fingerprint density at radius 3 is 2.89 bits per heavy atom. The molecule has 0 spiro atoms. The zero-order valence-corrected chi connectivity index (χ0v) is 10.6. The van der Waals surface area contributed by atoms with Gasteiger partial charge in [-0.05, 0) is 31.1 Å². The van der Waals surface area contributed by atoms with Crippen molar-refractivity contribution in [2.24, 2.45) is 0 Å². The summed E-state index contributed by atoms with van der Waals surface area (Å²) < 4.78 is 5.37. The summed E-state index contributed by atoms with van der Waals surface area (Å²) in [6, 6.07) is 4.75. The Labute approximate surface area is 111 Å². The van der Waals surface area contributed by atoms with E-state index in [-0.39, 0.29) is 17.2 Å². The minimum atomic E-state index is -0.197. The van der Waals surface area contributed by atoms with E-state index in [0.29, 0.717) is 25.2 Å². The molecule has 0 saturated heterocycles. The third-order valence-corrected chi connectivity index (χ3v) is 2.47. The molecule has 0 aromatic heterocycles. The number of rotatable bonds is 8. The van der Waals surface area contributed by atoms with Crippen LogP contribution in [-0.2, 0) is 4.79 Å². The highest BCUT2D eigenvalue weighted by atomic mass is 16.5. The van der Waals surface area contributed by atoms with Gasteiger partial charge in [-0.1, -0.05) is 12.6 Å². The molecular weight excluding hydrogens is 246 g/mol. The second-order valence-corrected chi connectivity index (χ2v) is 3.86. The molecule has 0 saturated carbocycles. The molecule has 5 nitrogen and oxygen atoms in total. The van der Waals surface area contributed by atoms with Gasteiger partial charge >= 0.3 is 0 Å². The third-order valence-electron chi connectivity index (χ3n) is 2.47. The summed E-state index contributed by atoms with van der Waals surface area (Å²) in [7, 11) is 0. The van der Waals surface area contributed by atoms with Gasteiger partial charge in [0.15, 0.2) is 17.8 Å². The molecular formula is C14H17NO4. The molecule has 0 bridgehead atoms. The lowest BCUT2D eigenvalue weighted by molar-refractivity contribution is -0.116. The number of carbonyl (C=O) groups is 2. The Bertz CT molecular complexity index is 457. The number of aldehydes is 1. The monoisotopic (exact) mass is 263 g/mol. The molecule has 102 valence electrons. The summed E-state index contributed by atoms with van der Waals surface area (Å²) in [6.45, 7) is 4.30. The number of carbonyl (C=O) groups excluding carboxylic acids is 2. The summed E-state index contributed by atoms with van der Waals surface area (Å²) in [4.78, 5) is 21.5. The first-order valence-electron chi connectivity index (χ1n) is 5.99. The van der Waals surface area contributed by atoms with Crippen molar-refractivity contribution in [3.63, 3.8) is 0 Å². The number of amides is 1. The first kappa shape index (κ1) is 14.8. The number of phenolic OH excluding ortho intramolecular Hbond substituents is 1. The normalized spacial score (nSPS) is 9.68. The van der Waals surface area contributed by atoms with Gasteiger partial charge in [0.25, 0.3) is 0 Å². The Balaban J connectivity index is 2.28. The van der Waals surface area contributed by atoms with Crippen LogP contribution in [0.2, 0.25) is 0 Å². The Hall–Kier alpha value is -2.30. The van der Waals surface area contributed by atoms with Crippen LogP contribution < -0.4 is 10.1 Å². The Kier molecular flexibility index (Phi) is 6.15.